The number of aliphatic imine (C=N–C) groups is 1. The number of hydrogen-bond donors (Lipinski definition) is 1. The topological polar surface area (TPSA) is 89.6 Å². The average Bonchev–Trinajstić information content (AvgIpc) is 3.24. The molecule has 1 unspecified atom stereocenters. The van der Waals surface area contributed by atoms with Crippen molar-refractivity contribution in [1.82, 2.24) is 9.80 Å². The second kappa shape index (κ2) is 11.9. The number of nitrogens with two attached hydrogens (primary N) is 1. The minimum Gasteiger partial charge on any atom is -0.493 e. The maximum Gasteiger partial charge on any atom is 0.410 e. The van der Waals surface area contributed by atoms with Gasteiger partial charge in [-0.15, -0.1) is 24.0 Å². The summed E-state index contributed by atoms with van der Waals surface area (Å²) in [5.74, 6) is 1.79. The molecule has 9 heteroatoms. The molecule has 0 spiro atoms. The summed E-state index contributed by atoms with van der Waals surface area (Å²) in [6.07, 6.45) is 0.762. The second-order valence-electron chi connectivity index (χ2n) is 9.28. The molecular weight excluding hydrogens is 523 g/mol. The van der Waals surface area contributed by atoms with E-state index in [9.17, 15) is 4.79 Å². The number of carbonyl (C=O) groups is 1. The average molecular weight is 560 g/mol. The highest BCUT2D eigenvalue weighted by Crippen LogP contribution is 2.23. The summed E-state index contributed by atoms with van der Waals surface area (Å²) in [5.41, 5.74) is 7.93. The van der Waals surface area contributed by atoms with Crippen LogP contribution in [0.4, 0.5) is 4.79 Å². The van der Waals surface area contributed by atoms with E-state index in [1.54, 1.807) is 4.90 Å². The van der Waals surface area contributed by atoms with E-state index in [1.165, 1.54) is 0 Å². The zero-order valence-electron chi connectivity index (χ0n) is 19.6. The van der Waals surface area contributed by atoms with E-state index in [0.29, 0.717) is 51.2 Å². The summed E-state index contributed by atoms with van der Waals surface area (Å²) in [4.78, 5) is 20.5. The molecule has 0 bridgehead atoms. The Kier molecular flexibility index (Phi) is 9.87. The van der Waals surface area contributed by atoms with Crippen molar-refractivity contribution in [3.63, 3.8) is 0 Å². The van der Waals surface area contributed by atoms with Crippen molar-refractivity contribution in [3.05, 3.63) is 29.3 Å². The molecule has 2 aliphatic heterocycles. The van der Waals surface area contributed by atoms with Gasteiger partial charge in [0.25, 0.3) is 0 Å². The summed E-state index contributed by atoms with van der Waals surface area (Å²) in [6.45, 7) is 12.7. The first-order valence-corrected chi connectivity index (χ1v) is 11.0. The van der Waals surface area contributed by atoms with E-state index in [4.69, 9.17) is 19.9 Å². The van der Waals surface area contributed by atoms with Gasteiger partial charge in [-0.25, -0.2) is 9.79 Å². The van der Waals surface area contributed by atoms with E-state index in [2.05, 4.69) is 24.0 Å². The number of piperazine rings is 1. The van der Waals surface area contributed by atoms with Crippen LogP contribution in [0.25, 0.3) is 0 Å². The van der Waals surface area contributed by atoms with E-state index in [0.717, 1.165) is 36.5 Å². The number of guanidine groups is 1. The van der Waals surface area contributed by atoms with Crippen LogP contribution in [0.2, 0.25) is 0 Å². The molecule has 0 saturated carbocycles. The van der Waals surface area contributed by atoms with Crippen molar-refractivity contribution in [2.75, 3.05) is 46.0 Å². The highest BCUT2D eigenvalue weighted by Gasteiger charge is 2.26. The van der Waals surface area contributed by atoms with E-state index in [-0.39, 0.29) is 30.1 Å². The molecule has 32 heavy (non-hydrogen) atoms. The van der Waals surface area contributed by atoms with Gasteiger partial charge in [0.2, 0.25) is 0 Å². The molecule has 8 nitrogen and oxygen atoms in total. The third-order valence-corrected chi connectivity index (χ3v) is 5.39. The fourth-order valence-corrected chi connectivity index (χ4v) is 3.56. The number of aryl methyl sites for hydroxylation is 1. The van der Waals surface area contributed by atoms with E-state index < -0.39 is 5.60 Å². The number of ether oxygens (including phenoxy) is 3. The quantitative estimate of drug-likeness (QED) is 0.338. The minimum absolute atomic E-state index is 0. The van der Waals surface area contributed by atoms with Crippen molar-refractivity contribution in [2.24, 2.45) is 16.6 Å². The summed E-state index contributed by atoms with van der Waals surface area (Å²) in [5, 5.41) is 0. The fraction of sp³-hybridized carbons (Fsp3) is 0.652. The van der Waals surface area contributed by atoms with Gasteiger partial charge in [-0.3, -0.25) is 0 Å². The zero-order valence-corrected chi connectivity index (χ0v) is 22.0. The summed E-state index contributed by atoms with van der Waals surface area (Å²) in [7, 11) is 0. The normalized spacial score (nSPS) is 19.5. The third-order valence-electron chi connectivity index (χ3n) is 5.39. The number of amides is 1. The number of nitrogens with zero attached hydrogens (tertiary/aromatic N) is 3. The minimum atomic E-state index is -0.493. The van der Waals surface area contributed by atoms with Gasteiger partial charge in [0.1, 0.15) is 11.4 Å². The smallest absolute Gasteiger partial charge is 0.410 e. The second-order valence-corrected chi connectivity index (χ2v) is 9.28. The highest BCUT2D eigenvalue weighted by molar-refractivity contribution is 14.0. The van der Waals surface area contributed by atoms with Crippen molar-refractivity contribution in [1.29, 1.82) is 0 Å². The van der Waals surface area contributed by atoms with Crippen LogP contribution in [-0.4, -0.2) is 73.5 Å². The van der Waals surface area contributed by atoms with Crippen LogP contribution in [0.15, 0.2) is 23.2 Å². The SMILES string of the molecule is Cc1ccc(CN=C(N)N2CCN(C(=O)OC(C)(C)C)CC2)c(OCC2CCOC2)c1.I. The van der Waals surface area contributed by atoms with Gasteiger partial charge < -0.3 is 29.7 Å². The Morgan fingerprint density at radius 1 is 1.22 bits per heavy atom. The molecule has 1 amide bonds. The van der Waals surface area contributed by atoms with Crippen LogP contribution in [0.1, 0.15) is 38.3 Å². The van der Waals surface area contributed by atoms with Crippen LogP contribution >= 0.6 is 24.0 Å². The van der Waals surface area contributed by atoms with Crippen LogP contribution < -0.4 is 10.5 Å². The Morgan fingerprint density at radius 3 is 2.53 bits per heavy atom. The number of carbonyl (C=O) groups excluding carboxylic acids is 1. The standard InChI is InChI=1S/C23H36N4O4.HI/c1-17-5-6-19(20(13-17)30-16-18-7-12-29-15-18)14-25-21(24)26-8-10-27(11-9-26)22(28)31-23(2,3)4;/h5-6,13,18H,7-12,14-16H2,1-4H3,(H2,24,25);1H. The molecular formula is C23H37IN4O4. The molecule has 2 saturated heterocycles. The molecule has 3 rings (SSSR count). The van der Waals surface area contributed by atoms with Crippen molar-refractivity contribution in [3.8, 4) is 5.75 Å². The molecule has 1 atom stereocenters. The van der Waals surface area contributed by atoms with Gasteiger partial charge in [-0.05, 0) is 45.7 Å². The van der Waals surface area contributed by atoms with Crippen LogP contribution in [0.3, 0.4) is 0 Å². The molecule has 2 heterocycles. The molecule has 2 fully saturated rings. The molecule has 0 radical (unpaired) electrons. The first-order valence-electron chi connectivity index (χ1n) is 11.0. The molecule has 2 aliphatic rings. The number of benzene rings is 1. The molecule has 180 valence electrons. The summed E-state index contributed by atoms with van der Waals surface area (Å²) < 4.78 is 17.0. The van der Waals surface area contributed by atoms with Crippen molar-refractivity contribution < 1.29 is 19.0 Å². The fourth-order valence-electron chi connectivity index (χ4n) is 3.56. The van der Waals surface area contributed by atoms with Gasteiger partial charge >= 0.3 is 6.09 Å². The Bertz CT molecular complexity index is 783. The Balaban J connectivity index is 0.00000363. The van der Waals surface area contributed by atoms with Crippen molar-refractivity contribution >= 4 is 36.0 Å². The Hall–Kier alpha value is -1.75. The molecule has 2 N–H and O–H groups in total. The molecule has 0 aromatic heterocycles. The van der Waals surface area contributed by atoms with Crippen LogP contribution in [-0.2, 0) is 16.0 Å². The Morgan fingerprint density at radius 2 is 1.91 bits per heavy atom. The maximum absolute atomic E-state index is 12.2. The van der Waals surface area contributed by atoms with Crippen LogP contribution in [0, 0.1) is 12.8 Å². The van der Waals surface area contributed by atoms with Gasteiger partial charge in [-0.1, -0.05) is 12.1 Å². The van der Waals surface area contributed by atoms with Gasteiger partial charge in [0.15, 0.2) is 5.96 Å². The van der Waals surface area contributed by atoms with Gasteiger partial charge in [0.05, 0.1) is 19.8 Å². The molecule has 1 aromatic carbocycles. The number of hydrogen-bond acceptors (Lipinski definition) is 5. The predicted molar refractivity (Wildman–Crippen MR) is 136 cm³/mol. The molecule has 1 aromatic rings. The number of halogens is 1. The number of rotatable bonds is 5. The lowest BCUT2D eigenvalue weighted by Crippen LogP contribution is -2.53. The van der Waals surface area contributed by atoms with Crippen LogP contribution in [0.5, 0.6) is 5.75 Å². The lowest BCUT2D eigenvalue weighted by molar-refractivity contribution is 0.0186. The summed E-state index contributed by atoms with van der Waals surface area (Å²) in [6, 6.07) is 6.16. The first-order chi connectivity index (χ1) is 14.7. The Labute approximate surface area is 208 Å². The lowest BCUT2D eigenvalue weighted by Gasteiger charge is -2.36. The lowest BCUT2D eigenvalue weighted by atomic mass is 10.1. The molecule has 0 aliphatic carbocycles. The van der Waals surface area contributed by atoms with Gasteiger partial charge in [-0.2, -0.15) is 0 Å². The predicted octanol–water partition coefficient (Wildman–Crippen LogP) is 3.40. The third kappa shape index (κ3) is 7.99. The highest BCUT2D eigenvalue weighted by atomic mass is 127. The first kappa shape index (κ1) is 26.5. The van der Waals surface area contributed by atoms with E-state index >= 15 is 0 Å². The zero-order chi connectivity index (χ0) is 22.4. The van der Waals surface area contributed by atoms with E-state index in [1.807, 2.05) is 31.7 Å². The summed E-state index contributed by atoms with van der Waals surface area (Å²) >= 11 is 0. The maximum atomic E-state index is 12.2. The van der Waals surface area contributed by atoms with Crippen molar-refractivity contribution in [2.45, 2.75) is 46.3 Å². The van der Waals surface area contributed by atoms with Gasteiger partial charge in [0, 0.05) is 44.3 Å². The largest absolute Gasteiger partial charge is 0.493 e. The monoisotopic (exact) mass is 560 g/mol.